The average Bonchev–Trinajstić information content (AvgIpc) is 3.13. The SMILES string of the molecule is C[C@@H]1CN(C(=O)c2ccccc2)c2c(C(=O)c3ccccc3)c3ccccc3n2C1. The van der Waals surface area contributed by atoms with Crippen molar-refractivity contribution in [2.45, 2.75) is 13.5 Å². The molecule has 0 radical (unpaired) electrons. The molecule has 0 spiro atoms. The van der Waals surface area contributed by atoms with Crippen LogP contribution in [0.4, 0.5) is 5.82 Å². The van der Waals surface area contributed by atoms with E-state index in [1.807, 2.05) is 84.9 Å². The lowest BCUT2D eigenvalue weighted by Gasteiger charge is -2.34. The van der Waals surface area contributed by atoms with Gasteiger partial charge < -0.3 is 4.57 Å². The second-order valence-corrected chi connectivity index (χ2v) is 7.91. The molecule has 30 heavy (non-hydrogen) atoms. The maximum absolute atomic E-state index is 13.6. The summed E-state index contributed by atoms with van der Waals surface area (Å²) in [4.78, 5) is 28.9. The number of ketones is 1. The summed E-state index contributed by atoms with van der Waals surface area (Å²) in [6.07, 6.45) is 0. The highest BCUT2D eigenvalue weighted by Crippen LogP contribution is 2.39. The van der Waals surface area contributed by atoms with Crippen LogP contribution in [-0.4, -0.2) is 22.8 Å². The largest absolute Gasteiger partial charge is 0.326 e. The van der Waals surface area contributed by atoms with E-state index < -0.39 is 0 Å². The topological polar surface area (TPSA) is 42.3 Å². The summed E-state index contributed by atoms with van der Waals surface area (Å²) < 4.78 is 2.14. The molecule has 2 heterocycles. The van der Waals surface area contributed by atoms with Crippen LogP contribution < -0.4 is 4.90 Å². The summed E-state index contributed by atoms with van der Waals surface area (Å²) in [6, 6.07) is 26.5. The molecule has 0 fully saturated rings. The van der Waals surface area contributed by atoms with Crippen molar-refractivity contribution in [1.29, 1.82) is 0 Å². The number of benzene rings is 3. The number of nitrogens with zero attached hydrogens (tertiary/aromatic N) is 2. The molecule has 4 heteroatoms. The Balaban J connectivity index is 1.76. The number of amides is 1. The van der Waals surface area contributed by atoms with Crippen molar-refractivity contribution in [2.24, 2.45) is 5.92 Å². The zero-order chi connectivity index (χ0) is 20.7. The molecule has 0 saturated heterocycles. The first-order chi connectivity index (χ1) is 14.6. The maximum atomic E-state index is 13.6. The molecule has 0 saturated carbocycles. The molecule has 1 aliphatic rings. The van der Waals surface area contributed by atoms with Crippen molar-refractivity contribution in [3.63, 3.8) is 0 Å². The van der Waals surface area contributed by atoms with Gasteiger partial charge in [0.1, 0.15) is 5.82 Å². The highest BCUT2D eigenvalue weighted by atomic mass is 16.2. The molecule has 0 unspecified atom stereocenters. The van der Waals surface area contributed by atoms with Crippen molar-refractivity contribution in [3.8, 4) is 0 Å². The van der Waals surface area contributed by atoms with Gasteiger partial charge in [0.15, 0.2) is 5.78 Å². The number of hydrogen-bond donors (Lipinski definition) is 0. The number of para-hydroxylation sites is 1. The van der Waals surface area contributed by atoms with Crippen LogP contribution in [0.25, 0.3) is 10.9 Å². The van der Waals surface area contributed by atoms with Gasteiger partial charge >= 0.3 is 0 Å². The summed E-state index contributed by atoms with van der Waals surface area (Å²) in [5, 5.41) is 0.890. The van der Waals surface area contributed by atoms with Crippen LogP contribution >= 0.6 is 0 Å². The smallest absolute Gasteiger partial charge is 0.259 e. The average molecular weight is 394 g/mol. The lowest BCUT2D eigenvalue weighted by Crippen LogP contribution is -2.42. The number of hydrogen-bond acceptors (Lipinski definition) is 2. The number of anilines is 1. The van der Waals surface area contributed by atoms with Crippen LogP contribution in [0.3, 0.4) is 0 Å². The predicted molar refractivity (Wildman–Crippen MR) is 119 cm³/mol. The van der Waals surface area contributed by atoms with Crippen LogP contribution in [0.5, 0.6) is 0 Å². The zero-order valence-electron chi connectivity index (χ0n) is 16.8. The Kier molecular flexibility index (Phi) is 4.47. The monoisotopic (exact) mass is 394 g/mol. The van der Waals surface area contributed by atoms with Gasteiger partial charge in [0.05, 0.1) is 11.1 Å². The van der Waals surface area contributed by atoms with Gasteiger partial charge in [-0.25, -0.2) is 0 Å². The normalized spacial score (nSPS) is 15.8. The third-order valence-electron chi connectivity index (χ3n) is 5.72. The Morgan fingerprint density at radius 1 is 0.767 bits per heavy atom. The van der Waals surface area contributed by atoms with E-state index in [0.717, 1.165) is 17.4 Å². The molecule has 1 atom stereocenters. The van der Waals surface area contributed by atoms with E-state index >= 15 is 0 Å². The first-order valence-corrected chi connectivity index (χ1v) is 10.2. The van der Waals surface area contributed by atoms with Gasteiger partial charge in [0.2, 0.25) is 0 Å². The molecule has 0 bridgehead atoms. The van der Waals surface area contributed by atoms with E-state index in [-0.39, 0.29) is 17.6 Å². The minimum absolute atomic E-state index is 0.0547. The van der Waals surface area contributed by atoms with E-state index in [1.165, 1.54) is 0 Å². The molecule has 4 nitrogen and oxygen atoms in total. The van der Waals surface area contributed by atoms with Crippen molar-refractivity contribution in [3.05, 3.63) is 102 Å². The van der Waals surface area contributed by atoms with Crippen LogP contribution in [0, 0.1) is 5.92 Å². The molecule has 3 aromatic carbocycles. The molecule has 4 aromatic rings. The highest BCUT2D eigenvalue weighted by Gasteiger charge is 2.34. The fourth-order valence-corrected chi connectivity index (χ4v) is 4.40. The van der Waals surface area contributed by atoms with Gasteiger partial charge in [0.25, 0.3) is 5.91 Å². The summed E-state index contributed by atoms with van der Waals surface area (Å²) in [7, 11) is 0. The van der Waals surface area contributed by atoms with Gasteiger partial charge in [-0.05, 0) is 24.1 Å². The Bertz CT molecular complexity index is 1240. The number of carbonyl (C=O) groups excluding carboxylic acids is 2. The van der Waals surface area contributed by atoms with Crippen LogP contribution in [-0.2, 0) is 6.54 Å². The summed E-state index contributed by atoms with van der Waals surface area (Å²) in [5.41, 5.74) is 2.85. The van der Waals surface area contributed by atoms with Crippen molar-refractivity contribution < 1.29 is 9.59 Å². The third-order valence-corrected chi connectivity index (χ3v) is 5.72. The fourth-order valence-electron chi connectivity index (χ4n) is 4.40. The predicted octanol–water partition coefficient (Wildman–Crippen LogP) is 5.17. The lowest BCUT2D eigenvalue weighted by molar-refractivity contribution is 0.0976. The molecular formula is C26H22N2O2. The van der Waals surface area contributed by atoms with Crippen LogP contribution in [0.1, 0.15) is 33.2 Å². The summed E-state index contributed by atoms with van der Waals surface area (Å²) in [5.74, 6) is 0.854. The van der Waals surface area contributed by atoms with Crippen molar-refractivity contribution >= 4 is 28.4 Å². The Morgan fingerprint density at radius 3 is 2.07 bits per heavy atom. The van der Waals surface area contributed by atoms with Gasteiger partial charge in [-0.2, -0.15) is 0 Å². The van der Waals surface area contributed by atoms with E-state index in [1.54, 1.807) is 4.90 Å². The first-order valence-electron chi connectivity index (χ1n) is 10.2. The van der Waals surface area contributed by atoms with Crippen molar-refractivity contribution in [2.75, 3.05) is 11.4 Å². The lowest BCUT2D eigenvalue weighted by atomic mass is 10.00. The Morgan fingerprint density at radius 2 is 1.37 bits per heavy atom. The first kappa shape index (κ1) is 18.4. The molecule has 0 N–H and O–H groups in total. The second-order valence-electron chi connectivity index (χ2n) is 7.91. The number of aromatic nitrogens is 1. The molecule has 0 aliphatic carbocycles. The number of carbonyl (C=O) groups is 2. The third kappa shape index (κ3) is 2.92. The van der Waals surface area contributed by atoms with E-state index in [2.05, 4.69) is 11.5 Å². The molecular weight excluding hydrogens is 372 g/mol. The molecule has 5 rings (SSSR count). The van der Waals surface area contributed by atoms with Crippen LogP contribution in [0.15, 0.2) is 84.9 Å². The number of rotatable bonds is 3. The van der Waals surface area contributed by atoms with Gasteiger partial charge in [-0.1, -0.05) is 73.7 Å². The van der Waals surface area contributed by atoms with Crippen LogP contribution in [0.2, 0.25) is 0 Å². The minimum atomic E-state index is -0.0756. The molecule has 1 aliphatic heterocycles. The quantitative estimate of drug-likeness (QED) is 0.450. The molecule has 148 valence electrons. The summed E-state index contributed by atoms with van der Waals surface area (Å²) >= 11 is 0. The zero-order valence-corrected chi connectivity index (χ0v) is 16.8. The van der Waals surface area contributed by atoms with Gasteiger partial charge in [-0.15, -0.1) is 0 Å². The summed E-state index contributed by atoms with van der Waals surface area (Å²) in [6.45, 7) is 3.50. The Hall–Kier alpha value is -3.66. The highest BCUT2D eigenvalue weighted by molar-refractivity contribution is 6.22. The second kappa shape index (κ2) is 7.30. The van der Waals surface area contributed by atoms with E-state index in [9.17, 15) is 9.59 Å². The minimum Gasteiger partial charge on any atom is -0.326 e. The van der Waals surface area contributed by atoms with Crippen molar-refractivity contribution in [1.82, 2.24) is 4.57 Å². The standard InChI is InChI=1S/C26H22N2O2/c1-18-16-27-22-15-9-8-14-21(22)23(24(29)19-10-4-2-5-11-19)25(27)28(17-18)26(30)20-12-6-3-7-13-20/h2-15,18H,16-17H2,1H3/t18-/m0/s1. The Labute approximate surface area is 175 Å². The number of fused-ring (bicyclic) bond motifs is 3. The molecule has 1 aromatic heterocycles. The van der Waals surface area contributed by atoms with E-state index in [0.29, 0.717) is 29.1 Å². The molecule has 1 amide bonds. The fraction of sp³-hybridized carbons (Fsp3) is 0.154. The maximum Gasteiger partial charge on any atom is 0.259 e. The van der Waals surface area contributed by atoms with Gasteiger partial charge in [0, 0.05) is 29.6 Å². The van der Waals surface area contributed by atoms with E-state index in [4.69, 9.17) is 0 Å². The van der Waals surface area contributed by atoms with Gasteiger partial charge in [-0.3, -0.25) is 14.5 Å².